The van der Waals surface area contributed by atoms with E-state index < -0.39 is 0 Å². The number of unbranched alkanes of at least 4 members (excludes halogenated alkanes) is 14. The molecule has 26 heavy (non-hydrogen) atoms. The summed E-state index contributed by atoms with van der Waals surface area (Å²) < 4.78 is 5.39. The van der Waals surface area contributed by atoms with Gasteiger partial charge in [0.05, 0.1) is 0 Å². The molecule has 0 aromatic heterocycles. The Balaban J connectivity index is 3.74. The quantitative estimate of drug-likeness (QED) is 0.0997. The van der Waals surface area contributed by atoms with Crippen LogP contribution in [0.25, 0.3) is 0 Å². The molecule has 0 heterocycles. The summed E-state index contributed by atoms with van der Waals surface area (Å²) in [4.78, 5) is 11.3. The number of hydrogen-bond acceptors (Lipinski definition) is 2. The fraction of sp³-hybridized carbons (Fsp3) is 0.792. The van der Waals surface area contributed by atoms with Gasteiger partial charge in [-0.2, -0.15) is 0 Å². The molecule has 0 atom stereocenters. The smallest absolute Gasteiger partial charge is 0.307 e. The predicted octanol–water partition coefficient (Wildman–Crippen LogP) is 8.27. The number of carbonyl (C=O) groups is 1. The molecule has 0 bridgehead atoms. The van der Waals surface area contributed by atoms with Gasteiger partial charge in [-0.25, -0.2) is 0 Å². The van der Waals surface area contributed by atoms with Crippen LogP contribution in [0.1, 0.15) is 123 Å². The molecule has 152 valence electrons. The van der Waals surface area contributed by atoms with Gasteiger partial charge in [-0.1, -0.05) is 83.6 Å². The largest absolute Gasteiger partial charge is 0.432 e. The van der Waals surface area contributed by atoms with E-state index in [1.165, 1.54) is 90.4 Å². The Hall–Kier alpha value is -1.05. The zero-order valence-corrected chi connectivity index (χ0v) is 17.7. The molecule has 0 aliphatic heterocycles. The van der Waals surface area contributed by atoms with Crippen LogP contribution >= 0.6 is 0 Å². The zero-order valence-electron chi connectivity index (χ0n) is 17.7. The molecular weight excluding hydrogens is 320 g/mol. The van der Waals surface area contributed by atoms with Gasteiger partial charge in [0.15, 0.2) is 0 Å². The summed E-state index contributed by atoms with van der Waals surface area (Å²) in [5.41, 5.74) is 0. The molecule has 0 aromatic rings. The molecule has 0 amide bonds. The molecule has 2 heteroatoms. The van der Waals surface area contributed by atoms with Crippen LogP contribution in [-0.2, 0) is 9.53 Å². The zero-order chi connectivity index (χ0) is 19.3. The lowest BCUT2D eigenvalue weighted by Crippen LogP contribution is -1.99. The molecule has 0 spiro atoms. The topological polar surface area (TPSA) is 26.3 Å². The van der Waals surface area contributed by atoms with Crippen LogP contribution in [0.5, 0.6) is 0 Å². The number of rotatable bonds is 19. The van der Waals surface area contributed by atoms with E-state index in [1.54, 1.807) is 0 Å². The van der Waals surface area contributed by atoms with Crippen molar-refractivity contribution in [2.75, 3.05) is 0 Å². The molecule has 0 aromatic carbocycles. The Labute approximate surface area is 163 Å². The fourth-order valence-electron chi connectivity index (χ4n) is 3.22. The molecule has 0 radical (unpaired) electrons. The average molecular weight is 365 g/mol. The standard InChI is InChI=1S/C24H44O2/c1-4-6-8-10-12-14-16-18-20-22-24(26-23(3)25)21-19-17-15-13-11-9-7-5-2/h5,22H,2,4,6-21H2,1,3H3/b24-22+. The van der Waals surface area contributed by atoms with E-state index in [1.807, 2.05) is 6.08 Å². The summed E-state index contributed by atoms with van der Waals surface area (Å²) in [5, 5.41) is 0. The van der Waals surface area contributed by atoms with Crippen LogP contribution < -0.4 is 0 Å². The molecule has 0 saturated heterocycles. The first-order valence-corrected chi connectivity index (χ1v) is 11.2. The first-order chi connectivity index (χ1) is 12.7. The second-order valence-corrected chi connectivity index (χ2v) is 7.48. The minimum absolute atomic E-state index is 0.184. The van der Waals surface area contributed by atoms with E-state index in [-0.39, 0.29) is 5.97 Å². The minimum atomic E-state index is -0.184. The summed E-state index contributed by atoms with van der Waals surface area (Å²) in [6.07, 6.45) is 25.4. The Bertz CT molecular complexity index is 357. The first kappa shape index (κ1) is 24.9. The van der Waals surface area contributed by atoms with Crippen LogP contribution in [0.15, 0.2) is 24.5 Å². The van der Waals surface area contributed by atoms with E-state index in [0.717, 1.165) is 31.4 Å². The highest BCUT2D eigenvalue weighted by Gasteiger charge is 2.03. The molecule has 0 saturated carbocycles. The number of hydrogen-bond donors (Lipinski definition) is 0. The predicted molar refractivity (Wildman–Crippen MR) is 114 cm³/mol. The molecule has 0 aliphatic carbocycles. The van der Waals surface area contributed by atoms with Crippen molar-refractivity contribution in [3.05, 3.63) is 24.5 Å². The monoisotopic (exact) mass is 364 g/mol. The normalized spacial score (nSPS) is 11.5. The maximum Gasteiger partial charge on any atom is 0.307 e. The van der Waals surface area contributed by atoms with Gasteiger partial charge in [-0.05, 0) is 38.2 Å². The van der Waals surface area contributed by atoms with Crippen molar-refractivity contribution in [3.63, 3.8) is 0 Å². The van der Waals surface area contributed by atoms with Gasteiger partial charge in [-0.15, -0.1) is 6.58 Å². The SMILES string of the molecule is C=CCCCCCCCC/C(=C\CCCCCCCCCC)OC(C)=O. The lowest BCUT2D eigenvalue weighted by molar-refractivity contribution is -0.137. The van der Waals surface area contributed by atoms with Crippen LogP contribution in [0.3, 0.4) is 0 Å². The van der Waals surface area contributed by atoms with Gasteiger partial charge in [-0.3, -0.25) is 4.79 Å². The summed E-state index contributed by atoms with van der Waals surface area (Å²) >= 11 is 0. The number of allylic oxidation sites excluding steroid dienone is 3. The van der Waals surface area contributed by atoms with E-state index >= 15 is 0 Å². The van der Waals surface area contributed by atoms with Crippen molar-refractivity contribution in [2.24, 2.45) is 0 Å². The molecule has 0 aliphatic rings. The Morgan fingerprint density at radius 3 is 1.81 bits per heavy atom. The van der Waals surface area contributed by atoms with Crippen LogP contribution in [0.4, 0.5) is 0 Å². The average Bonchev–Trinajstić information content (AvgIpc) is 2.61. The highest BCUT2D eigenvalue weighted by Crippen LogP contribution is 2.16. The third-order valence-electron chi connectivity index (χ3n) is 4.79. The highest BCUT2D eigenvalue weighted by atomic mass is 16.5. The Kier molecular flexibility index (Phi) is 19.4. The van der Waals surface area contributed by atoms with Crippen LogP contribution in [0, 0.1) is 0 Å². The van der Waals surface area contributed by atoms with Crippen molar-refractivity contribution < 1.29 is 9.53 Å². The number of carbonyl (C=O) groups excluding carboxylic acids is 1. The molecular formula is C24H44O2. The Morgan fingerprint density at radius 2 is 1.27 bits per heavy atom. The van der Waals surface area contributed by atoms with Gasteiger partial charge in [0.2, 0.25) is 0 Å². The third-order valence-corrected chi connectivity index (χ3v) is 4.79. The molecule has 0 N–H and O–H groups in total. The van der Waals surface area contributed by atoms with Gasteiger partial charge in [0.1, 0.15) is 5.76 Å². The minimum Gasteiger partial charge on any atom is -0.432 e. The number of ether oxygens (including phenoxy) is 1. The van der Waals surface area contributed by atoms with E-state index in [2.05, 4.69) is 19.6 Å². The molecule has 0 unspecified atom stereocenters. The summed E-state index contributed by atoms with van der Waals surface area (Å²) in [7, 11) is 0. The second kappa shape index (κ2) is 20.3. The summed E-state index contributed by atoms with van der Waals surface area (Å²) in [5.74, 6) is 0.712. The van der Waals surface area contributed by atoms with Crippen LogP contribution in [-0.4, -0.2) is 5.97 Å². The van der Waals surface area contributed by atoms with Crippen molar-refractivity contribution in [1.29, 1.82) is 0 Å². The second-order valence-electron chi connectivity index (χ2n) is 7.48. The molecule has 0 rings (SSSR count). The van der Waals surface area contributed by atoms with Crippen molar-refractivity contribution in [1.82, 2.24) is 0 Å². The Morgan fingerprint density at radius 1 is 0.769 bits per heavy atom. The summed E-state index contributed by atoms with van der Waals surface area (Å²) in [6, 6.07) is 0. The lowest BCUT2D eigenvalue weighted by atomic mass is 10.1. The van der Waals surface area contributed by atoms with Crippen molar-refractivity contribution in [3.8, 4) is 0 Å². The van der Waals surface area contributed by atoms with Gasteiger partial charge in [0, 0.05) is 13.3 Å². The first-order valence-electron chi connectivity index (χ1n) is 11.2. The van der Waals surface area contributed by atoms with Gasteiger partial charge in [0.25, 0.3) is 0 Å². The maximum atomic E-state index is 11.3. The van der Waals surface area contributed by atoms with Gasteiger partial charge >= 0.3 is 5.97 Å². The van der Waals surface area contributed by atoms with Gasteiger partial charge < -0.3 is 4.74 Å². The molecule has 2 nitrogen and oxygen atoms in total. The fourth-order valence-corrected chi connectivity index (χ4v) is 3.22. The maximum absolute atomic E-state index is 11.3. The highest BCUT2D eigenvalue weighted by molar-refractivity contribution is 5.67. The van der Waals surface area contributed by atoms with Crippen LogP contribution in [0.2, 0.25) is 0 Å². The van der Waals surface area contributed by atoms with E-state index in [0.29, 0.717) is 0 Å². The molecule has 0 fully saturated rings. The third kappa shape index (κ3) is 19.3. The van der Waals surface area contributed by atoms with E-state index in [9.17, 15) is 4.79 Å². The lowest BCUT2D eigenvalue weighted by Gasteiger charge is -2.08. The summed E-state index contributed by atoms with van der Waals surface area (Å²) in [6.45, 7) is 7.52. The van der Waals surface area contributed by atoms with Crippen molar-refractivity contribution >= 4 is 5.97 Å². The van der Waals surface area contributed by atoms with Crippen molar-refractivity contribution in [2.45, 2.75) is 123 Å². The van der Waals surface area contributed by atoms with E-state index in [4.69, 9.17) is 4.74 Å². The number of esters is 1.